The molecule has 0 aliphatic heterocycles. The number of methoxy groups -OCH3 is 1. The maximum atomic E-state index is 11.5. The Labute approximate surface area is 123 Å². The molecular weight excluding hydrogens is 274 g/mol. The zero-order valence-electron chi connectivity index (χ0n) is 12.3. The van der Waals surface area contributed by atoms with Crippen molar-refractivity contribution in [1.29, 1.82) is 0 Å². The number of nitro groups is 1. The lowest BCUT2D eigenvalue weighted by Gasteiger charge is -2.14. The molecule has 1 unspecified atom stereocenters. The summed E-state index contributed by atoms with van der Waals surface area (Å²) in [5.74, 6) is -0.0747. The van der Waals surface area contributed by atoms with E-state index < -0.39 is 4.92 Å². The highest BCUT2D eigenvalue weighted by molar-refractivity contribution is 5.76. The van der Waals surface area contributed by atoms with E-state index in [1.165, 1.54) is 6.07 Å². The second-order valence-electron chi connectivity index (χ2n) is 4.58. The molecule has 21 heavy (non-hydrogen) atoms. The summed E-state index contributed by atoms with van der Waals surface area (Å²) < 4.78 is 4.83. The van der Waals surface area contributed by atoms with Gasteiger partial charge in [0.1, 0.15) is 0 Å². The monoisotopic (exact) mass is 295 g/mol. The molecule has 0 aliphatic rings. The quantitative estimate of drug-likeness (QED) is 0.408. The fourth-order valence-electron chi connectivity index (χ4n) is 1.91. The molecule has 0 saturated carbocycles. The van der Waals surface area contributed by atoms with E-state index in [-0.39, 0.29) is 17.6 Å². The molecule has 7 heteroatoms. The maximum Gasteiger partial charge on any atom is 0.274 e. The largest absolute Gasteiger partial charge is 0.383 e. The molecular formula is C14H21N3O4. The van der Waals surface area contributed by atoms with Gasteiger partial charge in [0.25, 0.3) is 5.69 Å². The van der Waals surface area contributed by atoms with Crippen LogP contribution in [0, 0.1) is 10.1 Å². The Morgan fingerprint density at radius 1 is 1.38 bits per heavy atom. The highest BCUT2D eigenvalue weighted by atomic mass is 16.6. The van der Waals surface area contributed by atoms with Crippen LogP contribution in [0.5, 0.6) is 0 Å². The SMILES string of the molecule is COCCNC(=O)CCNC(C)c1ccccc1[N+](=O)[O-]. The Kier molecular flexibility index (Phi) is 7.34. The van der Waals surface area contributed by atoms with Gasteiger partial charge in [0, 0.05) is 44.3 Å². The van der Waals surface area contributed by atoms with Crippen LogP contribution >= 0.6 is 0 Å². The molecule has 0 bridgehead atoms. The first-order valence-electron chi connectivity index (χ1n) is 6.78. The number of ether oxygens (including phenoxy) is 1. The van der Waals surface area contributed by atoms with E-state index in [0.29, 0.717) is 31.7 Å². The van der Waals surface area contributed by atoms with Crippen LogP contribution in [-0.2, 0) is 9.53 Å². The lowest BCUT2D eigenvalue weighted by molar-refractivity contribution is -0.385. The van der Waals surface area contributed by atoms with Crippen molar-refractivity contribution in [3.05, 3.63) is 39.9 Å². The lowest BCUT2D eigenvalue weighted by Crippen LogP contribution is -2.30. The average molecular weight is 295 g/mol. The van der Waals surface area contributed by atoms with Crippen LogP contribution in [0.3, 0.4) is 0 Å². The Hall–Kier alpha value is -1.99. The molecule has 0 aromatic heterocycles. The first kappa shape index (κ1) is 17.1. The third-order valence-electron chi connectivity index (χ3n) is 3.03. The fraction of sp³-hybridized carbons (Fsp3) is 0.500. The molecule has 7 nitrogen and oxygen atoms in total. The third kappa shape index (κ3) is 5.88. The van der Waals surface area contributed by atoms with Crippen LogP contribution in [-0.4, -0.2) is 37.6 Å². The topological polar surface area (TPSA) is 93.5 Å². The minimum Gasteiger partial charge on any atom is -0.383 e. The molecule has 1 atom stereocenters. The van der Waals surface area contributed by atoms with Gasteiger partial charge in [-0.2, -0.15) is 0 Å². The molecule has 0 radical (unpaired) electrons. The smallest absolute Gasteiger partial charge is 0.274 e. The lowest BCUT2D eigenvalue weighted by atomic mass is 10.1. The molecule has 0 fully saturated rings. The molecule has 0 saturated heterocycles. The molecule has 1 aromatic rings. The van der Waals surface area contributed by atoms with Crippen molar-refractivity contribution in [2.24, 2.45) is 0 Å². The van der Waals surface area contributed by atoms with Crippen LogP contribution in [0.15, 0.2) is 24.3 Å². The number of carbonyl (C=O) groups excluding carboxylic acids is 1. The van der Waals surface area contributed by atoms with E-state index >= 15 is 0 Å². The van der Waals surface area contributed by atoms with Gasteiger partial charge in [-0.1, -0.05) is 18.2 Å². The van der Waals surface area contributed by atoms with Crippen molar-refractivity contribution >= 4 is 11.6 Å². The summed E-state index contributed by atoms with van der Waals surface area (Å²) in [5.41, 5.74) is 0.698. The zero-order valence-corrected chi connectivity index (χ0v) is 12.3. The van der Waals surface area contributed by atoms with E-state index in [1.54, 1.807) is 25.3 Å². The third-order valence-corrected chi connectivity index (χ3v) is 3.03. The first-order chi connectivity index (χ1) is 10.1. The van der Waals surface area contributed by atoms with E-state index in [9.17, 15) is 14.9 Å². The summed E-state index contributed by atoms with van der Waals surface area (Å²) in [6.45, 7) is 3.25. The molecule has 0 spiro atoms. The molecule has 1 amide bonds. The number of hydrogen-bond donors (Lipinski definition) is 2. The minimum absolute atomic E-state index is 0.0747. The Morgan fingerprint density at radius 3 is 2.76 bits per heavy atom. The van der Waals surface area contributed by atoms with Gasteiger partial charge in [0.15, 0.2) is 0 Å². The summed E-state index contributed by atoms with van der Waals surface area (Å²) in [4.78, 5) is 22.1. The van der Waals surface area contributed by atoms with Crippen molar-refractivity contribution in [3.8, 4) is 0 Å². The predicted octanol–water partition coefficient (Wildman–Crippen LogP) is 1.40. The summed E-state index contributed by atoms with van der Waals surface area (Å²) in [5, 5.41) is 16.8. The number of nitro benzene ring substituents is 1. The standard InChI is InChI=1S/C14H21N3O4/c1-11(12-5-3-4-6-13(12)17(19)20)15-8-7-14(18)16-9-10-21-2/h3-6,11,15H,7-10H2,1-2H3,(H,16,18). The number of amides is 1. The van der Waals surface area contributed by atoms with Gasteiger partial charge in [0.2, 0.25) is 5.91 Å². The number of nitrogens with one attached hydrogen (secondary N) is 2. The summed E-state index contributed by atoms with van der Waals surface area (Å²) >= 11 is 0. The summed E-state index contributed by atoms with van der Waals surface area (Å²) in [6.07, 6.45) is 0.314. The summed E-state index contributed by atoms with van der Waals surface area (Å²) in [7, 11) is 1.57. The Balaban J connectivity index is 2.42. The van der Waals surface area contributed by atoms with E-state index in [2.05, 4.69) is 10.6 Å². The van der Waals surface area contributed by atoms with E-state index in [4.69, 9.17) is 4.74 Å². The van der Waals surface area contributed by atoms with Crippen LogP contribution in [0.25, 0.3) is 0 Å². The van der Waals surface area contributed by atoms with Crippen molar-refractivity contribution in [1.82, 2.24) is 10.6 Å². The molecule has 0 aliphatic carbocycles. The van der Waals surface area contributed by atoms with Crippen LogP contribution in [0.4, 0.5) is 5.69 Å². The predicted molar refractivity (Wildman–Crippen MR) is 79.0 cm³/mol. The first-order valence-corrected chi connectivity index (χ1v) is 6.78. The maximum absolute atomic E-state index is 11.5. The molecule has 1 rings (SSSR count). The Morgan fingerprint density at radius 2 is 2.10 bits per heavy atom. The van der Waals surface area contributed by atoms with Crippen LogP contribution in [0.1, 0.15) is 24.9 Å². The van der Waals surface area contributed by atoms with Crippen molar-refractivity contribution in [2.45, 2.75) is 19.4 Å². The second kappa shape index (κ2) is 9.04. The van der Waals surface area contributed by atoms with Crippen LogP contribution < -0.4 is 10.6 Å². The second-order valence-corrected chi connectivity index (χ2v) is 4.58. The van der Waals surface area contributed by atoms with Gasteiger partial charge in [-0.3, -0.25) is 14.9 Å². The normalized spacial score (nSPS) is 11.9. The number of rotatable bonds is 9. The molecule has 1 aromatic carbocycles. The van der Waals surface area contributed by atoms with E-state index in [1.807, 2.05) is 6.92 Å². The molecule has 116 valence electrons. The zero-order chi connectivity index (χ0) is 15.7. The van der Waals surface area contributed by atoms with Gasteiger partial charge in [-0.05, 0) is 6.92 Å². The van der Waals surface area contributed by atoms with Crippen molar-refractivity contribution in [3.63, 3.8) is 0 Å². The van der Waals surface area contributed by atoms with Crippen LogP contribution in [0.2, 0.25) is 0 Å². The number of nitrogens with zero attached hydrogens (tertiary/aromatic N) is 1. The highest BCUT2D eigenvalue weighted by Crippen LogP contribution is 2.24. The average Bonchev–Trinajstić information content (AvgIpc) is 2.47. The van der Waals surface area contributed by atoms with Gasteiger partial charge < -0.3 is 15.4 Å². The number of hydrogen-bond acceptors (Lipinski definition) is 5. The van der Waals surface area contributed by atoms with Gasteiger partial charge >= 0.3 is 0 Å². The number of benzene rings is 1. The van der Waals surface area contributed by atoms with Gasteiger partial charge in [0.05, 0.1) is 11.5 Å². The molecule has 2 N–H and O–H groups in total. The van der Waals surface area contributed by atoms with Gasteiger partial charge in [-0.15, -0.1) is 0 Å². The van der Waals surface area contributed by atoms with Crippen molar-refractivity contribution < 1.29 is 14.5 Å². The summed E-state index contributed by atoms with van der Waals surface area (Å²) in [6, 6.07) is 6.40. The fourth-order valence-corrected chi connectivity index (χ4v) is 1.91. The highest BCUT2D eigenvalue weighted by Gasteiger charge is 2.17. The minimum atomic E-state index is -0.398. The molecule has 0 heterocycles. The van der Waals surface area contributed by atoms with E-state index in [0.717, 1.165) is 0 Å². The van der Waals surface area contributed by atoms with Gasteiger partial charge in [-0.25, -0.2) is 0 Å². The Bertz CT molecular complexity index is 479. The van der Waals surface area contributed by atoms with Crippen molar-refractivity contribution in [2.75, 3.05) is 26.8 Å². The number of carbonyl (C=O) groups is 1. The number of para-hydroxylation sites is 1.